The minimum Gasteiger partial charge on any atom is -0.629 e. The highest BCUT2D eigenvalue weighted by molar-refractivity contribution is 5.99. The summed E-state index contributed by atoms with van der Waals surface area (Å²) in [6.45, 7) is 2.55. The smallest absolute Gasteiger partial charge is 0.289 e. The Labute approximate surface area is 169 Å². The second-order valence-electron chi connectivity index (χ2n) is 8.03. The van der Waals surface area contributed by atoms with E-state index in [1.165, 1.54) is 12.1 Å². The van der Waals surface area contributed by atoms with Crippen LogP contribution in [0.3, 0.4) is 0 Å². The van der Waals surface area contributed by atoms with E-state index in [1.807, 2.05) is 18.2 Å². The number of hydroxylamine groups is 3. The summed E-state index contributed by atoms with van der Waals surface area (Å²) in [6.07, 6.45) is 7.69. The van der Waals surface area contributed by atoms with Crippen molar-refractivity contribution in [3.63, 3.8) is 0 Å². The van der Waals surface area contributed by atoms with Crippen LogP contribution < -0.4 is 5.06 Å². The first kappa shape index (κ1) is 19.9. The zero-order valence-corrected chi connectivity index (χ0v) is 16.4. The Hall–Kier alpha value is -2.35. The number of piperidine rings is 1. The van der Waals surface area contributed by atoms with E-state index in [1.54, 1.807) is 12.1 Å². The number of hydrogen-bond acceptors (Lipinski definition) is 4. The highest BCUT2D eigenvalue weighted by atomic mass is 19.1. The molecule has 3 aliphatic rings. The van der Waals surface area contributed by atoms with Gasteiger partial charge in [-0.1, -0.05) is 12.2 Å². The molecule has 6 nitrogen and oxygen atoms in total. The maximum Gasteiger partial charge on any atom is 0.289 e. The van der Waals surface area contributed by atoms with E-state index in [2.05, 4.69) is 4.90 Å². The molecule has 0 aromatic heterocycles. The van der Waals surface area contributed by atoms with Gasteiger partial charge < -0.3 is 20.4 Å². The van der Waals surface area contributed by atoms with Gasteiger partial charge in [-0.3, -0.25) is 4.79 Å². The van der Waals surface area contributed by atoms with Gasteiger partial charge in [-0.05, 0) is 56.3 Å². The summed E-state index contributed by atoms with van der Waals surface area (Å²) < 4.78 is 14.0. The minimum absolute atomic E-state index is 0.00771. The van der Waals surface area contributed by atoms with Gasteiger partial charge >= 0.3 is 0 Å². The summed E-state index contributed by atoms with van der Waals surface area (Å²) in [6, 6.07) is 5.72. The first-order chi connectivity index (χ1) is 14.0. The lowest BCUT2D eigenvalue weighted by Gasteiger charge is -2.37. The number of fused-ring (bicyclic) bond motifs is 1. The molecule has 154 valence electrons. The number of nitrogens with one attached hydrogen (secondary N) is 1. The standard InChI is InChI=1S/C22H26FN3O3/c23-19-7-5-16(6-8-19)22(27)17-9-12-24(13-10-17)14-11-21-25(28)15-18-3-1-2-4-20(18)26(21)29/h1-3,5-8,17,21,25H,4,9-15H2. The minimum atomic E-state index is -0.604. The fourth-order valence-corrected chi connectivity index (χ4v) is 4.46. The van der Waals surface area contributed by atoms with Crippen molar-refractivity contribution in [2.75, 3.05) is 26.2 Å². The van der Waals surface area contributed by atoms with Crippen LogP contribution in [0.5, 0.6) is 0 Å². The number of hydrogen-bond donors (Lipinski definition) is 1. The third-order valence-corrected chi connectivity index (χ3v) is 6.21. The second-order valence-corrected chi connectivity index (χ2v) is 8.03. The molecule has 0 bridgehead atoms. The Morgan fingerprint density at radius 3 is 2.69 bits per heavy atom. The van der Waals surface area contributed by atoms with E-state index in [4.69, 9.17) is 0 Å². The number of carbonyl (C=O) groups excluding carboxylic acids is 1. The molecule has 0 amide bonds. The molecule has 1 N–H and O–H groups in total. The lowest BCUT2D eigenvalue weighted by Crippen LogP contribution is -3.14. The third kappa shape index (κ3) is 4.32. The first-order valence-corrected chi connectivity index (χ1v) is 10.3. The topological polar surface area (TPSA) is 73.9 Å². The van der Waals surface area contributed by atoms with Gasteiger partial charge in [0.2, 0.25) is 5.71 Å². The SMILES string of the molecule is O=C(c1ccc(F)cc1)C1CCN(CCC2[N+]([O-])=C3CC=CC=C3C[NH+]2[O-])CC1. The van der Waals surface area contributed by atoms with E-state index in [9.17, 15) is 19.6 Å². The van der Waals surface area contributed by atoms with E-state index >= 15 is 0 Å². The Bertz CT molecular complexity index is 855. The maximum atomic E-state index is 13.1. The van der Waals surface area contributed by atoms with Gasteiger partial charge in [0, 0.05) is 18.0 Å². The van der Waals surface area contributed by atoms with Crippen LogP contribution in [-0.2, 0) is 0 Å². The average Bonchev–Trinajstić information content (AvgIpc) is 2.74. The molecule has 4 rings (SSSR count). The third-order valence-electron chi connectivity index (χ3n) is 6.21. The second kappa shape index (κ2) is 8.57. The highest BCUT2D eigenvalue weighted by Gasteiger charge is 2.36. The number of nitrogens with zero attached hydrogens (tertiary/aromatic N) is 2. The summed E-state index contributed by atoms with van der Waals surface area (Å²) in [5, 5.41) is 25.1. The quantitative estimate of drug-likeness (QED) is 0.464. The molecule has 1 aliphatic carbocycles. The lowest BCUT2D eigenvalue weighted by atomic mass is 9.89. The van der Waals surface area contributed by atoms with Crippen molar-refractivity contribution < 1.29 is 19.0 Å². The van der Waals surface area contributed by atoms with Crippen molar-refractivity contribution in [2.45, 2.75) is 31.8 Å². The molecule has 2 heterocycles. The van der Waals surface area contributed by atoms with Gasteiger partial charge in [-0.15, -0.1) is 0 Å². The monoisotopic (exact) mass is 399 g/mol. The first-order valence-electron chi connectivity index (χ1n) is 10.3. The highest BCUT2D eigenvalue weighted by Crippen LogP contribution is 2.22. The van der Waals surface area contributed by atoms with Gasteiger partial charge in [0.25, 0.3) is 6.17 Å². The molecule has 0 spiro atoms. The molecule has 2 unspecified atom stereocenters. The number of halogens is 1. The molecule has 29 heavy (non-hydrogen) atoms. The fraction of sp³-hybridized carbons (Fsp3) is 0.455. The van der Waals surface area contributed by atoms with Crippen LogP contribution in [0.4, 0.5) is 4.39 Å². The number of benzene rings is 1. The summed E-state index contributed by atoms with van der Waals surface area (Å²) in [5.74, 6) is -0.328. The van der Waals surface area contributed by atoms with Crippen molar-refractivity contribution in [1.29, 1.82) is 0 Å². The van der Waals surface area contributed by atoms with E-state index in [-0.39, 0.29) is 22.6 Å². The number of quaternary nitrogens is 1. The molecule has 7 heteroatoms. The predicted octanol–water partition coefficient (Wildman–Crippen LogP) is 1.67. The van der Waals surface area contributed by atoms with Gasteiger partial charge in [-0.25, -0.2) is 4.39 Å². The largest absolute Gasteiger partial charge is 0.629 e. The van der Waals surface area contributed by atoms with Gasteiger partial charge in [0.15, 0.2) is 5.78 Å². The molecule has 0 saturated carbocycles. The number of ketones is 1. The average molecular weight is 399 g/mol. The molecular formula is C22H26FN3O3. The number of allylic oxidation sites excluding steroid dienone is 3. The summed E-state index contributed by atoms with van der Waals surface area (Å²) in [4.78, 5) is 14.8. The summed E-state index contributed by atoms with van der Waals surface area (Å²) >= 11 is 0. The van der Waals surface area contributed by atoms with Crippen LogP contribution in [0.15, 0.2) is 48.1 Å². The Morgan fingerprint density at radius 2 is 1.97 bits per heavy atom. The predicted molar refractivity (Wildman–Crippen MR) is 108 cm³/mol. The van der Waals surface area contributed by atoms with Crippen molar-refractivity contribution in [2.24, 2.45) is 5.92 Å². The number of rotatable bonds is 5. The Kier molecular flexibility index (Phi) is 5.89. The number of Topliss-reactive ketones (excluding diaryl/α,β-unsaturated/α-hetero) is 1. The summed E-state index contributed by atoms with van der Waals surface area (Å²) in [7, 11) is 0. The zero-order valence-electron chi connectivity index (χ0n) is 16.4. The molecule has 1 aromatic rings. The van der Waals surface area contributed by atoms with Crippen LogP contribution in [0, 0.1) is 22.1 Å². The van der Waals surface area contributed by atoms with Crippen molar-refractivity contribution in [1.82, 2.24) is 4.90 Å². The van der Waals surface area contributed by atoms with Crippen LogP contribution in [0.25, 0.3) is 0 Å². The Morgan fingerprint density at radius 1 is 1.24 bits per heavy atom. The van der Waals surface area contributed by atoms with E-state index < -0.39 is 6.17 Å². The van der Waals surface area contributed by atoms with Crippen LogP contribution in [-0.4, -0.2) is 53.5 Å². The zero-order chi connectivity index (χ0) is 20.4. The van der Waals surface area contributed by atoms with Crippen LogP contribution in [0.1, 0.15) is 36.0 Å². The van der Waals surface area contributed by atoms with Crippen molar-refractivity contribution in [3.05, 3.63) is 69.9 Å². The number of carbonyl (C=O) groups is 1. The normalized spacial score (nSPS) is 25.7. The van der Waals surface area contributed by atoms with Gasteiger partial charge in [0.05, 0.1) is 18.4 Å². The van der Waals surface area contributed by atoms with Gasteiger partial charge in [-0.2, -0.15) is 4.74 Å². The van der Waals surface area contributed by atoms with Gasteiger partial charge in [0.1, 0.15) is 12.4 Å². The molecular weight excluding hydrogens is 373 g/mol. The van der Waals surface area contributed by atoms with Crippen LogP contribution in [0.2, 0.25) is 0 Å². The number of likely N-dealkylation sites (tertiary alicyclic amines) is 1. The maximum absolute atomic E-state index is 13.1. The Balaban J connectivity index is 1.30. The summed E-state index contributed by atoms with van der Waals surface area (Å²) in [5.41, 5.74) is 2.13. The van der Waals surface area contributed by atoms with Crippen molar-refractivity contribution >= 4 is 11.5 Å². The van der Waals surface area contributed by atoms with Crippen LogP contribution >= 0.6 is 0 Å². The fourth-order valence-electron chi connectivity index (χ4n) is 4.46. The molecule has 1 aromatic carbocycles. The molecule has 1 fully saturated rings. The van der Waals surface area contributed by atoms with E-state index in [0.29, 0.717) is 31.5 Å². The van der Waals surface area contributed by atoms with Crippen molar-refractivity contribution in [3.8, 4) is 0 Å². The lowest BCUT2D eigenvalue weighted by molar-refractivity contribution is -0.965. The molecule has 2 aliphatic heterocycles. The molecule has 0 radical (unpaired) electrons. The van der Waals surface area contributed by atoms with E-state index in [0.717, 1.165) is 42.0 Å². The molecule has 1 saturated heterocycles. The molecule has 2 atom stereocenters.